The molecule has 3 aromatic rings. The zero-order valence-corrected chi connectivity index (χ0v) is 14.1. The van der Waals surface area contributed by atoms with E-state index in [1.54, 1.807) is 30.7 Å². The van der Waals surface area contributed by atoms with Gasteiger partial charge in [0.15, 0.2) is 0 Å². The highest BCUT2D eigenvalue weighted by atomic mass is 32.1. The maximum atomic E-state index is 5.11. The fourth-order valence-corrected chi connectivity index (χ4v) is 2.86. The largest absolute Gasteiger partial charge is 0.481 e. The second kappa shape index (κ2) is 6.75. The van der Waals surface area contributed by atoms with Crippen molar-refractivity contribution in [2.45, 2.75) is 19.9 Å². The number of nitrogens with one attached hydrogen (secondary N) is 1. The van der Waals surface area contributed by atoms with Crippen molar-refractivity contribution < 1.29 is 4.74 Å². The first-order valence-corrected chi connectivity index (χ1v) is 8.19. The molecular formula is C17H18N4OS. The third kappa shape index (κ3) is 3.65. The van der Waals surface area contributed by atoms with Crippen LogP contribution in [0, 0.1) is 6.92 Å². The molecule has 3 rings (SSSR count). The van der Waals surface area contributed by atoms with Gasteiger partial charge in [-0.25, -0.2) is 9.97 Å². The van der Waals surface area contributed by atoms with Crippen molar-refractivity contribution in [3.8, 4) is 17.1 Å². The second-order valence-corrected chi connectivity index (χ2v) is 6.22. The second-order valence-electron chi connectivity index (χ2n) is 5.16. The third-order valence-corrected chi connectivity index (χ3v) is 4.28. The maximum Gasteiger partial charge on any atom is 0.226 e. The normalized spacial score (nSPS) is 12.0. The zero-order chi connectivity index (χ0) is 16.2. The van der Waals surface area contributed by atoms with Crippen molar-refractivity contribution in [2.24, 2.45) is 0 Å². The van der Waals surface area contributed by atoms with Gasteiger partial charge in [-0.05, 0) is 19.4 Å². The van der Waals surface area contributed by atoms with Gasteiger partial charge < -0.3 is 10.1 Å². The van der Waals surface area contributed by atoms with Crippen LogP contribution in [-0.2, 0) is 0 Å². The number of methoxy groups -OCH3 is 1. The molecule has 118 valence electrons. The molecule has 1 N–H and O–H groups in total. The predicted molar refractivity (Wildman–Crippen MR) is 92.9 cm³/mol. The van der Waals surface area contributed by atoms with Crippen LogP contribution in [0.15, 0.2) is 41.9 Å². The molecule has 0 fully saturated rings. The number of hydrogen-bond donors (Lipinski definition) is 1. The lowest BCUT2D eigenvalue weighted by Crippen LogP contribution is -2.09. The fraction of sp³-hybridized carbons (Fsp3) is 0.235. The summed E-state index contributed by atoms with van der Waals surface area (Å²) in [5, 5.41) is 6.44. The van der Waals surface area contributed by atoms with E-state index in [2.05, 4.69) is 56.8 Å². The van der Waals surface area contributed by atoms with Crippen LogP contribution in [0.3, 0.4) is 0 Å². The van der Waals surface area contributed by atoms with Crippen LogP contribution >= 0.6 is 11.3 Å². The molecule has 5 nitrogen and oxygen atoms in total. The Morgan fingerprint density at radius 3 is 2.57 bits per heavy atom. The zero-order valence-electron chi connectivity index (χ0n) is 13.3. The van der Waals surface area contributed by atoms with Crippen molar-refractivity contribution in [1.82, 2.24) is 15.0 Å². The summed E-state index contributed by atoms with van der Waals surface area (Å²) in [4.78, 5) is 13.0. The number of aryl methyl sites for hydroxylation is 1. The van der Waals surface area contributed by atoms with Gasteiger partial charge in [0, 0.05) is 23.2 Å². The van der Waals surface area contributed by atoms with Gasteiger partial charge in [0.05, 0.1) is 23.9 Å². The molecule has 1 unspecified atom stereocenters. The fourth-order valence-electron chi connectivity index (χ4n) is 2.24. The Bertz CT molecular complexity index is 785. The number of ether oxygens (including phenoxy) is 1. The third-order valence-electron chi connectivity index (χ3n) is 3.51. The molecule has 0 aliphatic carbocycles. The molecule has 1 atom stereocenters. The number of nitrogens with zero attached hydrogens (tertiary/aromatic N) is 3. The molecule has 6 heteroatoms. The van der Waals surface area contributed by atoms with Crippen LogP contribution in [0.25, 0.3) is 11.3 Å². The Balaban J connectivity index is 1.73. The van der Waals surface area contributed by atoms with Crippen molar-refractivity contribution in [3.63, 3.8) is 0 Å². The number of anilines is 1. The van der Waals surface area contributed by atoms with Gasteiger partial charge >= 0.3 is 0 Å². The van der Waals surface area contributed by atoms with E-state index in [1.807, 2.05) is 6.92 Å². The Hall–Kier alpha value is -2.47. The highest BCUT2D eigenvalue weighted by Gasteiger charge is 2.09. The highest BCUT2D eigenvalue weighted by molar-refractivity contribution is 7.09. The minimum Gasteiger partial charge on any atom is -0.481 e. The molecule has 1 aromatic carbocycles. The molecule has 0 bridgehead atoms. The molecule has 2 aromatic heterocycles. The molecule has 0 saturated heterocycles. The highest BCUT2D eigenvalue weighted by Crippen LogP contribution is 2.24. The van der Waals surface area contributed by atoms with E-state index in [1.165, 1.54) is 0 Å². The molecule has 0 spiro atoms. The molecule has 0 radical (unpaired) electrons. The van der Waals surface area contributed by atoms with Crippen LogP contribution in [0.4, 0.5) is 5.95 Å². The number of thiazole rings is 1. The van der Waals surface area contributed by atoms with Crippen molar-refractivity contribution in [1.29, 1.82) is 0 Å². The minimum absolute atomic E-state index is 0.0910. The Morgan fingerprint density at radius 2 is 1.91 bits per heavy atom. The van der Waals surface area contributed by atoms with Gasteiger partial charge in [0.1, 0.15) is 0 Å². The molecular weight excluding hydrogens is 308 g/mol. The van der Waals surface area contributed by atoms with Crippen LogP contribution in [0.2, 0.25) is 0 Å². The van der Waals surface area contributed by atoms with Gasteiger partial charge in [-0.3, -0.25) is 0 Å². The lowest BCUT2D eigenvalue weighted by atomic mass is 10.1. The first-order valence-electron chi connectivity index (χ1n) is 7.32. The van der Waals surface area contributed by atoms with Crippen LogP contribution in [0.5, 0.6) is 5.88 Å². The number of rotatable bonds is 5. The summed E-state index contributed by atoms with van der Waals surface area (Å²) in [6.45, 7) is 4.09. The van der Waals surface area contributed by atoms with E-state index < -0.39 is 0 Å². The Morgan fingerprint density at radius 1 is 1.13 bits per heavy atom. The van der Waals surface area contributed by atoms with Crippen molar-refractivity contribution in [2.75, 3.05) is 12.4 Å². The van der Waals surface area contributed by atoms with Crippen LogP contribution in [-0.4, -0.2) is 22.1 Å². The van der Waals surface area contributed by atoms with E-state index in [0.717, 1.165) is 21.8 Å². The lowest BCUT2D eigenvalue weighted by molar-refractivity contribution is 0.397. The van der Waals surface area contributed by atoms with E-state index in [0.29, 0.717) is 11.8 Å². The summed E-state index contributed by atoms with van der Waals surface area (Å²) >= 11 is 1.66. The van der Waals surface area contributed by atoms with Gasteiger partial charge in [-0.15, -0.1) is 11.3 Å². The first-order chi connectivity index (χ1) is 11.2. The molecule has 0 amide bonds. The number of benzene rings is 1. The summed E-state index contributed by atoms with van der Waals surface area (Å²) in [6, 6.07) is 10.2. The molecule has 23 heavy (non-hydrogen) atoms. The van der Waals surface area contributed by atoms with E-state index in [9.17, 15) is 0 Å². The van der Waals surface area contributed by atoms with Gasteiger partial charge in [-0.2, -0.15) is 4.98 Å². The number of hydrogen-bond acceptors (Lipinski definition) is 6. The van der Waals surface area contributed by atoms with Crippen molar-refractivity contribution in [3.05, 3.63) is 52.5 Å². The maximum absolute atomic E-state index is 5.11. The topological polar surface area (TPSA) is 59.9 Å². The summed E-state index contributed by atoms with van der Waals surface area (Å²) in [6.07, 6.45) is 1.68. The average Bonchev–Trinajstić information content (AvgIpc) is 3.01. The molecule has 0 saturated carbocycles. The Labute approximate surface area is 139 Å². The quantitative estimate of drug-likeness (QED) is 0.765. The summed E-state index contributed by atoms with van der Waals surface area (Å²) in [5.74, 6) is 1.10. The summed E-state index contributed by atoms with van der Waals surface area (Å²) in [5.41, 5.74) is 3.31. The smallest absolute Gasteiger partial charge is 0.226 e. The molecule has 0 aliphatic rings. The summed E-state index contributed by atoms with van der Waals surface area (Å²) in [7, 11) is 1.59. The van der Waals surface area contributed by atoms with Gasteiger partial charge in [0.2, 0.25) is 11.8 Å². The van der Waals surface area contributed by atoms with Gasteiger partial charge in [0.25, 0.3) is 0 Å². The molecule has 0 aliphatic heterocycles. The first kappa shape index (κ1) is 15.4. The van der Waals surface area contributed by atoms with Crippen LogP contribution in [0.1, 0.15) is 23.5 Å². The van der Waals surface area contributed by atoms with E-state index >= 15 is 0 Å². The SMILES string of the molecule is COc1ccnc(NC(C)c2ccc(-c3csc(C)n3)cc2)n1. The van der Waals surface area contributed by atoms with Gasteiger partial charge in [-0.1, -0.05) is 24.3 Å². The van der Waals surface area contributed by atoms with Crippen LogP contribution < -0.4 is 10.1 Å². The number of aromatic nitrogens is 3. The standard InChI is InChI=1S/C17H18N4OS/c1-11(19-17-18-9-8-16(21-17)22-3)13-4-6-14(7-5-13)15-10-23-12(2)20-15/h4-11H,1-3H3,(H,18,19,21). The van der Waals surface area contributed by atoms with E-state index in [4.69, 9.17) is 4.74 Å². The minimum atomic E-state index is 0.0910. The summed E-state index contributed by atoms with van der Waals surface area (Å²) < 4.78 is 5.11. The molecule has 2 heterocycles. The lowest BCUT2D eigenvalue weighted by Gasteiger charge is -2.14. The predicted octanol–water partition coefficient (Wildman–Crippen LogP) is 4.09. The monoisotopic (exact) mass is 326 g/mol. The average molecular weight is 326 g/mol. The Kier molecular flexibility index (Phi) is 4.52. The van der Waals surface area contributed by atoms with Crippen molar-refractivity contribution >= 4 is 17.3 Å². The van der Waals surface area contributed by atoms with E-state index in [-0.39, 0.29) is 6.04 Å².